The van der Waals surface area contributed by atoms with Crippen LogP contribution in [0.2, 0.25) is 0 Å². The first-order valence-electron chi connectivity index (χ1n) is 10.8. The van der Waals surface area contributed by atoms with Crippen molar-refractivity contribution in [1.82, 2.24) is 15.1 Å². The smallest absolute Gasteiger partial charge is 0.262 e. The van der Waals surface area contributed by atoms with E-state index in [9.17, 15) is 19.2 Å². The number of benzene rings is 1. The minimum atomic E-state index is -0.935. The van der Waals surface area contributed by atoms with Gasteiger partial charge in [-0.15, -0.1) is 0 Å². The number of imide groups is 2. The van der Waals surface area contributed by atoms with Crippen molar-refractivity contribution in [1.29, 1.82) is 0 Å². The molecule has 0 bridgehead atoms. The van der Waals surface area contributed by atoms with Crippen molar-refractivity contribution in [3.63, 3.8) is 0 Å². The van der Waals surface area contributed by atoms with Gasteiger partial charge in [-0.25, -0.2) is 0 Å². The molecule has 0 aromatic heterocycles. The Hall–Kier alpha value is -2.58. The molecule has 3 aliphatic rings. The fourth-order valence-corrected chi connectivity index (χ4v) is 4.88. The number of nitrogens with one attached hydrogen (secondary N) is 1. The Balaban J connectivity index is 1.58. The monoisotopic (exact) mass is 412 g/mol. The third-order valence-corrected chi connectivity index (χ3v) is 6.42. The maximum atomic E-state index is 13.3. The van der Waals surface area contributed by atoms with Gasteiger partial charge in [-0.2, -0.15) is 0 Å². The van der Waals surface area contributed by atoms with Crippen molar-refractivity contribution < 1.29 is 19.2 Å². The lowest BCUT2D eigenvalue weighted by Gasteiger charge is -2.36. The normalized spacial score (nSPS) is 24.9. The van der Waals surface area contributed by atoms with Crippen LogP contribution in [0.15, 0.2) is 18.2 Å². The van der Waals surface area contributed by atoms with Crippen molar-refractivity contribution >= 4 is 23.6 Å². The van der Waals surface area contributed by atoms with Crippen molar-refractivity contribution in [2.75, 3.05) is 13.1 Å². The van der Waals surface area contributed by atoms with Crippen LogP contribution in [0.5, 0.6) is 0 Å². The number of nitrogens with zero attached hydrogens (tertiary/aromatic N) is 2. The van der Waals surface area contributed by atoms with Crippen molar-refractivity contribution in [2.45, 2.75) is 63.6 Å². The highest BCUT2D eigenvalue weighted by Gasteiger charge is 2.45. The predicted octanol–water partition coefficient (Wildman–Crippen LogP) is 1.18. The van der Waals surface area contributed by atoms with E-state index in [1.54, 1.807) is 12.1 Å². The van der Waals surface area contributed by atoms with E-state index in [0.717, 1.165) is 42.7 Å². The SMILES string of the molecule is NCCCC1CCCCN1Cc1cccc2c1C(=O)N(C1CCC(=O)NC1=O)C2=O. The molecule has 2 atom stereocenters. The van der Waals surface area contributed by atoms with Gasteiger partial charge in [0.2, 0.25) is 11.8 Å². The van der Waals surface area contributed by atoms with Crippen LogP contribution in [0.3, 0.4) is 0 Å². The first-order chi connectivity index (χ1) is 14.5. The zero-order valence-electron chi connectivity index (χ0n) is 17.1. The van der Waals surface area contributed by atoms with Crippen molar-refractivity contribution in [2.24, 2.45) is 5.73 Å². The molecule has 1 aromatic rings. The van der Waals surface area contributed by atoms with Crippen LogP contribution >= 0.6 is 0 Å². The molecule has 3 heterocycles. The van der Waals surface area contributed by atoms with Gasteiger partial charge in [0.15, 0.2) is 0 Å². The molecule has 0 spiro atoms. The van der Waals surface area contributed by atoms with Crippen LogP contribution in [0.25, 0.3) is 0 Å². The average molecular weight is 412 g/mol. The molecule has 160 valence electrons. The summed E-state index contributed by atoms with van der Waals surface area (Å²) >= 11 is 0. The van der Waals surface area contributed by atoms with Crippen LogP contribution in [0.1, 0.15) is 71.2 Å². The summed E-state index contributed by atoms with van der Waals surface area (Å²) in [4.78, 5) is 53.4. The summed E-state index contributed by atoms with van der Waals surface area (Å²) in [6.07, 6.45) is 5.70. The molecule has 2 unspecified atom stereocenters. The average Bonchev–Trinajstić information content (AvgIpc) is 2.99. The number of amides is 4. The second kappa shape index (κ2) is 8.65. The van der Waals surface area contributed by atoms with E-state index >= 15 is 0 Å². The zero-order chi connectivity index (χ0) is 21.3. The van der Waals surface area contributed by atoms with E-state index in [-0.39, 0.29) is 18.7 Å². The number of carbonyl (C=O) groups is 4. The van der Waals surface area contributed by atoms with Gasteiger partial charge < -0.3 is 5.73 Å². The van der Waals surface area contributed by atoms with E-state index < -0.39 is 23.8 Å². The molecule has 1 aromatic carbocycles. The molecule has 8 heteroatoms. The Morgan fingerprint density at radius 3 is 2.67 bits per heavy atom. The summed E-state index contributed by atoms with van der Waals surface area (Å²) in [5.41, 5.74) is 7.26. The Morgan fingerprint density at radius 2 is 1.90 bits per heavy atom. The number of hydrogen-bond acceptors (Lipinski definition) is 6. The lowest BCUT2D eigenvalue weighted by atomic mass is 9.95. The Bertz CT molecular complexity index is 884. The van der Waals surface area contributed by atoms with E-state index in [2.05, 4.69) is 10.2 Å². The quantitative estimate of drug-likeness (QED) is 0.679. The highest BCUT2D eigenvalue weighted by atomic mass is 16.2. The molecule has 2 saturated heterocycles. The maximum absolute atomic E-state index is 13.3. The van der Waals surface area contributed by atoms with Crippen LogP contribution in [-0.4, -0.2) is 58.6 Å². The molecule has 2 fully saturated rings. The van der Waals surface area contributed by atoms with Crippen molar-refractivity contribution in [3.8, 4) is 0 Å². The van der Waals surface area contributed by atoms with Gasteiger partial charge in [0.25, 0.3) is 11.8 Å². The first kappa shape index (κ1) is 20.7. The molecule has 0 aliphatic carbocycles. The summed E-state index contributed by atoms with van der Waals surface area (Å²) in [5, 5.41) is 2.24. The number of likely N-dealkylation sites (tertiary alicyclic amines) is 1. The van der Waals surface area contributed by atoms with E-state index in [0.29, 0.717) is 30.3 Å². The Labute approximate surface area is 175 Å². The second-order valence-corrected chi connectivity index (χ2v) is 8.34. The fourth-order valence-electron chi connectivity index (χ4n) is 4.88. The molecule has 0 saturated carbocycles. The summed E-state index contributed by atoms with van der Waals surface area (Å²) in [6.45, 7) is 2.22. The minimum absolute atomic E-state index is 0.118. The van der Waals surface area contributed by atoms with Gasteiger partial charge in [0, 0.05) is 19.0 Å². The number of fused-ring (bicyclic) bond motifs is 1. The first-order valence-corrected chi connectivity index (χ1v) is 10.8. The van der Waals surface area contributed by atoms with E-state index in [1.807, 2.05) is 6.07 Å². The molecule has 8 nitrogen and oxygen atoms in total. The van der Waals surface area contributed by atoms with E-state index in [4.69, 9.17) is 5.73 Å². The highest BCUT2D eigenvalue weighted by Crippen LogP contribution is 2.32. The van der Waals surface area contributed by atoms with Crippen molar-refractivity contribution in [3.05, 3.63) is 34.9 Å². The molecule has 3 aliphatic heterocycles. The number of rotatable bonds is 6. The maximum Gasteiger partial charge on any atom is 0.262 e. The number of hydrogen-bond donors (Lipinski definition) is 2. The molecule has 0 radical (unpaired) electrons. The standard InChI is InChI=1S/C22H28N4O4/c23-11-4-7-15-6-1-2-12-25(15)13-14-5-3-8-16-19(14)22(30)26(21(16)29)17-9-10-18(27)24-20(17)28/h3,5,8,15,17H,1-2,4,6-7,9-13,23H2,(H,24,27,28). The van der Waals surface area contributed by atoms with Gasteiger partial charge in [0.1, 0.15) is 6.04 Å². The Morgan fingerprint density at radius 1 is 1.07 bits per heavy atom. The number of carbonyl (C=O) groups excluding carboxylic acids is 4. The topological polar surface area (TPSA) is 113 Å². The van der Waals surface area contributed by atoms with Gasteiger partial charge in [-0.3, -0.25) is 34.3 Å². The third-order valence-electron chi connectivity index (χ3n) is 6.42. The molecular weight excluding hydrogens is 384 g/mol. The minimum Gasteiger partial charge on any atom is -0.330 e. The largest absolute Gasteiger partial charge is 0.330 e. The van der Waals surface area contributed by atoms with Crippen LogP contribution in [0, 0.1) is 0 Å². The van der Waals surface area contributed by atoms with Gasteiger partial charge >= 0.3 is 0 Å². The van der Waals surface area contributed by atoms with Gasteiger partial charge in [0.05, 0.1) is 11.1 Å². The zero-order valence-corrected chi connectivity index (χ0v) is 17.1. The van der Waals surface area contributed by atoms with Crippen LogP contribution in [-0.2, 0) is 16.1 Å². The third kappa shape index (κ3) is 3.77. The van der Waals surface area contributed by atoms with Crippen LogP contribution < -0.4 is 11.1 Å². The number of nitrogens with two attached hydrogens (primary N) is 1. The lowest BCUT2D eigenvalue weighted by molar-refractivity contribution is -0.136. The summed E-state index contributed by atoms with van der Waals surface area (Å²) in [5.74, 6) is -1.84. The fraction of sp³-hybridized carbons (Fsp3) is 0.545. The second-order valence-electron chi connectivity index (χ2n) is 8.34. The van der Waals surface area contributed by atoms with Crippen LogP contribution in [0.4, 0.5) is 0 Å². The van der Waals surface area contributed by atoms with Gasteiger partial charge in [-0.1, -0.05) is 18.6 Å². The molecule has 4 amide bonds. The van der Waals surface area contributed by atoms with E-state index in [1.165, 1.54) is 6.42 Å². The summed E-state index contributed by atoms with van der Waals surface area (Å²) in [7, 11) is 0. The summed E-state index contributed by atoms with van der Waals surface area (Å²) < 4.78 is 0. The molecule has 3 N–H and O–H groups in total. The molecule has 30 heavy (non-hydrogen) atoms. The van der Waals surface area contributed by atoms with Gasteiger partial charge in [-0.05, 0) is 56.8 Å². The molecule has 4 rings (SSSR count). The summed E-state index contributed by atoms with van der Waals surface area (Å²) in [6, 6.07) is 4.83. The Kier molecular flexibility index (Phi) is 5.97. The highest BCUT2D eigenvalue weighted by molar-refractivity contribution is 6.24. The predicted molar refractivity (Wildman–Crippen MR) is 109 cm³/mol. The number of piperidine rings is 2. The molecular formula is C22H28N4O4. The lowest BCUT2D eigenvalue weighted by Crippen LogP contribution is -2.54.